The Labute approximate surface area is 117 Å². The lowest BCUT2D eigenvalue weighted by Gasteiger charge is -2.16. The van der Waals surface area contributed by atoms with Crippen molar-refractivity contribution in [3.8, 4) is 5.75 Å². The minimum absolute atomic E-state index is 0.0230. The van der Waals surface area contributed by atoms with Gasteiger partial charge in [0.05, 0.1) is 6.54 Å². The highest BCUT2D eigenvalue weighted by molar-refractivity contribution is 6.31. The predicted molar refractivity (Wildman–Crippen MR) is 74.7 cm³/mol. The molecule has 1 aliphatic heterocycles. The van der Waals surface area contributed by atoms with Crippen molar-refractivity contribution in [1.82, 2.24) is 15.5 Å². The molecule has 2 rings (SSSR count). The maximum atomic E-state index is 11.4. The smallest absolute Gasteiger partial charge is 0.317 e. The van der Waals surface area contributed by atoms with Crippen LogP contribution in [0.5, 0.6) is 5.75 Å². The lowest BCUT2D eigenvalue weighted by Crippen LogP contribution is -2.32. The fourth-order valence-electron chi connectivity index (χ4n) is 2.01. The minimum atomic E-state index is -0.0230. The maximum absolute atomic E-state index is 11.4. The molecule has 0 radical (unpaired) electrons. The summed E-state index contributed by atoms with van der Waals surface area (Å²) in [6.45, 7) is 3.14. The third kappa shape index (κ3) is 3.52. The molecule has 19 heavy (non-hydrogen) atoms. The molecule has 1 saturated heterocycles. The number of ether oxygens (including phenoxy) is 1. The molecule has 1 aromatic carbocycles. The zero-order chi connectivity index (χ0) is 13.7. The number of carbonyl (C=O) groups excluding carboxylic acids is 1. The third-order valence-electron chi connectivity index (χ3n) is 2.99. The molecule has 0 aliphatic carbocycles. The Morgan fingerprint density at radius 2 is 2.37 bits per heavy atom. The van der Waals surface area contributed by atoms with Crippen molar-refractivity contribution in [1.29, 1.82) is 0 Å². The number of rotatable bonds is 6. The van der Waals surface area contributed by atoms with Gasteiger partial charge >= 0.3 is 6.03 Å². The maximum Gasteiger partial charge on any atom is 0.317 e. The van der Waals surface area contributed by atoms with Gasteiger partial charge in [-0.15, -0.1) is 0 Å². The van der Waals surface area contributed by atoms with E-state index in [1.165, 1.54) is 0 Å². The van der Waals surface area contributed by atoms with Crippen LogP contribution in [0.4, 0.5) is 4.79 Å². The Morgan fingerprint density at radius 3 is 3.05 bits per heavy atom. The molecule has 1 heterocycles. The van der Waals surface area contributed by atoms with E-state index in [9.17, 15) is 4.79 Å². The van der Waals surface area contributed by atoms with Crippen molar-refractivity contribution in [3.63, 3.8) is 0 Å². The second kappa shape index (κ2) is 6.63. The van der Waals surface area contributed by atoms with Gasteiger partial charge in [0.2, 0.25) is 0 Å². The first kappa shape index (κ1) is 14.0. The first-order valence-corrected chi connectivity index (χ1v) is 6.67. The zero-order valence-electron chi connectivity index (χ0n) is 10.9. The van der Waals surface area contributed by atoms with Crippen LogP contribution in [0.15, 0.2) is 18.2 Å². The van der Waals surface area contributed by atoms with E-state index < -0.39 is 0 Å². The van der Waals surface area contributed by atoms with E-state index in [-0.39, 0.29) is 6.03 Å². The fraction of sp³-hybridized carbons (Fsp3) is 0.462. The standard InChI is InChI=1S/C13H18ClN3O2/c1-15-9-10-11(14)3-2-4-12(10)19-8-7-17-6-5-16-13(17)18/h2-4,15H,5-9H2,1H3,(H,16,18). The molecule has 0 bridgehead atoms. The summed E-state index contributed by atoms with van der Waals surface area (Å²) < 4.78 is 5.73. The summed E-state index contributed by atoms with van der Waals surface area (Å²) in [6, 6.07) is 5.57. The van der Waals surface area contributed by atoms with Crippen LogP contribution in [0.2, 0.25) is 5.02 Å². The molecule has 2 amide bonds. The Kier molecular flexibility index (Phi) is 4.87. The molecule has 6 heteroatoms. The summed E-state index contributed by atoms with van der Waals surface area (Å²) in [7, 11) is 1.86. The molecule has 0 spiro atoms. The monoisotopic (exact) mass is 283 g/mol. The van der Waals surface area contributed by atoms with Crippen LogP contribution < -0.4 is 15.4 Å². The van der Waals surface area contributed by atoms with Gasteiger partial charge in [-0.05, 0) is 19.2 Å². The van der Waals surface area contributed by atoms with E-state index in [4.69, 9.17) is 16.3 Å². The van der Waals surface area contributed by atoms with E-state index in [1.54, 1.807) is 4.90 Å². The fourth-order valence-corrected chi connectivity index (χ4v) is 2.25. The van der Waals surface area contributed by atoms with Gasteiger partial charge in [-0.2, -0.15) is 0 Å². The van der Waals surface area contributed by atoms with Crippen molar-refractivity contribution in [2.24, 2.45) is 0 Å². The number of nitrogens with zero attached hydrogens (tertiary/aromatic N) is 1. The number of amides is 2. The zero-order valence-corrected chi connectivity index (χ0v) is 11.7. The highest BCUT2D eigenvalue weighted by Crippen LogP contribution is 2.26. The molecule has 104 valence electrons. The summed E-state index contributed by atoms with van der Waals surface area (Å²) in [5.74, 6) is 0.765. The van der Waals surface area contributed by atoms with Gasteiger partial charge in [0.1, 0.15) is 12.4 Å². The third-order valence-corrected chi connectivity index (χ3v) is 3.35. The molecule has 2 N–H and O–H groups in total. The average Bonchev–Trinajstić information content (AvgIpc) is 2.79. The molecule has 1 fully saturated rings. The number of halogens is 1. The first-order valence-electron chi connectivity index (χ1n) is 6.30. The van der Waals surface area contributed by atoms with Crippen molar-refractivity contribution < 1.29 is 9.53 Å². The number of hydrogen-bond acceptors (Lipinski definition) is 3. The summed E-state index contributed by atoms with van der Waals surface area (Å²) in [5, 5.41) is 6.51. The second-order valence-corrected chi connectivity index (χ2v) is 4.72. The van der Waals surface area contributed by atoms with Crippen LogP contribution in [-0.4, -0.2) is 44.2 Å². The molecular formula is C13H18ClN3O2. The summed E-state index contributed by atoms with van der Waals surface area (Å²) in [4.78, 5) is 13.1. The van der Waals surface area contributed by atoms with E-state index in [0.717, 1.165) is 17.9 Å². The Bertz CT molecular complexity index is 454. The Morgan fingerprint density at radius 1 is 1.53 bits per heavy atom. The van der Waals surface area contributed by atoms with Crippen LogP contribution >= 0.6 is 11.6 Å². The molecule has 1 aliphatic rings. The van der Waals surface area contributed by atoms with Crippen molar-refractivity contribution in [2.75, 3.05) is 33.3 Å². The van der Waals surface area contributed by atoms with Crippen molar-refractivity contribution in [3.05, 3.63) is 28.8 Å². The summed E-state index contributed by atoms with van der Waals surface area (Å²) in [6.07, 6.45) is 0. The van der Waals surface area contributed by atoms with Crippen LogP contribution in [-0.2, 0) is 6.54 Å². The molecule has 0 saturated carbocycles. The van der Waals surface area contributed by atoms with Gasteiger partial charge in [0, 0.05) is 30.2 Å². The number of carbonyl (C=O) groups is 1. The topological polar surface area (TPSA) is 53.6 Å². The quantitative estimate of drug-likeness (QED) is 0.831. The van der Waals surface area contributed by atoms with Gasteiger partial charge in [-0.25, -0.2) is 4.79 Å². The van der Waals surface area contributed by atoms with Gasteiger partial charge in [-0.1, -0.05) is 17.7 Å². The van der Waals surface area contributed by atoms with Crippen molar-refractivity contribution >= 4 is 17.6 Å². The van der Waals surface area contributed by atoms with Gasteiger partial charge in [0.25, 0.3) is 0 Å². The van der Waals surface area contributed by atoms with Crippen LogP contribution in [0, 0.1) is 0 Å². The van der Waals surface area contributed by atoms with E-state index in [0.29, 0.717) is 31.3 Å². The van der Waals surface area contributed by atoms with E-state index in [1.807, 2.05) is 25.2 Å². The van der Waals surface area contributed by atoms with Crippen LogP contribution in [0.1, 0.15) is 5.56 Å². The molecule has 1 aromatic rings. The van der Waals surface area contributed by atoms with Crippen LogP contribution in [0.25, 0.3) is 0 Å². The van der Waals surface area contributed by atoms with Crippen molar-refractivity contribution in [2.45, 2.75) is 6.54 Å². The van der Waals surface area contributed by atoms with Gasteiger partial charge in [-0.3, -0.25) is 0 Å². The Hall–Kier alpha value is -1.46. The number of benzene rings is 1. The lowest BCUT2D eigenvalue weighted by atomic mass is 10.2. The predicted octanol–water partition coefficient (Wildman–Crippen LogP) is 1.46. The average molecular weight is 284 g/mol. The first-order chi connectivity index (χ1) is 9.22. The normalized spacial score (nSPS) is 14.6. The minimum Gasteiger partial charge on any atom is -0.491 e. The molecule has 5 nitrogen and oxygen atoms in total. The molecular weight excluding hydrogens is 266 g/mol. The van der Waals surface area contributed by atoms with Crippen LogP contribution in [0.3, 0.4) is 0 Å². The largest absolute Gasteiger partial charge is 0.491 e. The number of urea groups is 1. The summed E-state index contributed by atoms with van der Waals surface area (Å²) >= 11 is 6.14. The SMILES string of the molecule is CNCc1c(Cl)cccc1OCCN1CCNC1=O. The second-order valence-electron chi connectivity index (χ2n) is 4.31. The number of nitrogens with one attached hydrogen (secondary N) is 2. The van der Waals surface area contributed by atoms with Gasteiger partial charge < -0.3 is 20.3 Å². The van der Waals surface area contributed by atoms with E-state index >= 15 is 0 Å². The molecule has 0 aromatic heterocycles. The summed E-state index contributed by atoms with van der Waals surface area (Å²) in [5.41, 5.74) is 0.942. The lowest BCUT2D eigenvalue weighted by molar-refractivity contribution is 0.202. The molecule has 0 atom stereocenters. The molecule has 0 unspecified atom stereocenters. The van der Waals surface area contributed by atoms with Gasteiger partial charge in [0.15, 0.2) is 0 Å². The Balaban J connectivity index is 1.91. The highest BCUT2D eigenvalue weighted by atomic mass is 35.5. The van der Waals surface area contributed by atoms with E-state index in [2.05, 4.69) is 10.6 Å². The highest BCUT2D eigenvalue weighted by Gasteiger charge is 2.18. The number of hydrogen-bond donors (Lipinski definition) is 2.